The predicted octanol–water partition coefficient (Wildman–Crippen LogP) is 10.7. The Morgan fingerprint density at radius 1 is 0.437 bits per heavy atom. The summed E-state index contributed by atoms with van der Waals surface area (Å²) in [5, 5.41) is 31.9. The van der Waals surface area contributed by atoms with Gasteiger partial charge in [0.2, 0.25) is 0 Å². The number of halogens is 3. The van der Waals surface area contributed by atoms with Crippen molar-refractivity contribution < 1.29 is 123 Å². The summed E-state index contributed by atoms with van der Waals surface area (Å²) < 4.78 is 108. The van der Waals surface area contributed by atoms with Gasteiger partial charge in [0.15, 0.2) is 55.3 Å². The number of aliphatic carboxylic acids is 1. The van der Waals surface area contributed by atoms with Crippen molar-refractivity contribution in [2.45, 2.75) is 345 Å². The average Bonchev–Trinajstić information content (AvgIpc) is 0.751. The number of carbonyl (C=O) groups excluding carboxylic acids is 9. The molecule has 2 heterocycles. The first-order valence-corrected chi connectivity index (χ1v) is 43.0. The van der Waals surface area contributed by atoms with E-state index in [1.54, 1.807) is 30.3 Å². The first-order chi connectivity index (χ1) is 57.2. The number of amides is 9. The molecule has 1 aliphatic carbocycles. The van der Waals surface area contributed by atoms with Crippen LogP contribution in [0.3, 0.4) is 0 Å². The van der Waals surface area contributed by atoms with Gasteiger partial charge in [-0.3, -0.25) is 10.1 Å². The Balaban J connectivity index is 0.00000499. The normalized spacial score (nSPS) is 22.9. The first-order valence-electron chi connectivity index (χ1n) is 43.0. The van der Waals surface area contributed by atoms with E-state index >= 15 is 4.79 Å². The average molecular weight is 1710 g/mol. The van der Waals surface area contributed by atoms with Gasteiger partial charge in [-0.05, 0) is 70.0 Å². The molecule has 9 amide bonds. The van der Waals surface area contributed by atoms with Crippen LogP contribution in [0.1, 0.15) is 241 Å². The Morgan fingerprint density at radius 3 is 1.17 bits per heavy atom. The molecule has 1 aromatic carbocycles. The summed E-state index contributed by atoms with van der Waals surface area (Å²) in [5.74, 6) is -3.71. The number of carboxylic acid groups (broad SMARTS) is 1. The number of ether oxygens (including phenoxy) is 12. The number of alkyl carbamates (subject to hydrolysis) is 7. The Hall–Kier alpha value is -8.21. The van der Waals surface area contributed by atoms with E-state index < -0.39 is 184 Å². The summed E-state index contributed by atoms with van der Waals surface area (Å²) in [7, 11) is 0. The van der Waals surface area contributed by atoms with Gasteiger partial charge >= 0.3 is 60.9 Å². The Morgan fingerprint density at radius 2 is 0.782 bits per heavy atom. The first kappa shape index (κ1) is 105. The third-order valence-electron chi connectivity index (χ3n) is 19.6. The van der Waals surface area contributed by atoms with Crippen LogP contribution >= 0.6 is 0 Å². The maximum absolute atomic E-state index is 15.2. The largest absolute Gasteiger partial charge is 0.490 e. The molecule has 0 spiro atoms. The molecule has 36 nitrogen and oxygen atoms in total. The standard InChI is InChI=1S/C78H139N13O21.C2HF3O2/c1-8-15-22-32-43-83-71(93)101-52-58-62(107-72(94)84-44-33-23-16-9-2)59(82)64(109-74(96)86-46-35-25-18-11-4)69(103-58)106-61-55(91-68(92)56(41-42-79)104-78(100)90-53-39-30-29-31-40-53)50-54(81)60(65(61)110-75(97)87-47-36-26-19-12-5)105-70-67(112-77(99)89-49-38-28-21-14-7)66(111-76(98)88-48-37-27-20-13-6)63(57(51-80)102-70)108-73(95)85-45-34-24-17-10-3;3-2(4,5)1(6)7/h29-31,39-40,54-67,69-70H,8-28,32-38,41-52,79-82H2,1-7H3,(H,83,93)(H,84,94)(H,85,95)(H,86,96)(H,87,97)(H,88,98)(H,89,99)(H,90,100)(H,91,92);(H,6,7)/t54-,55+,56?,57-,58+,59-,60+,61-,62+,63-,64+,65-,66+,67-,69+,70-;/m0./s1. The lowest BCUT2D eigenvalue weighted by Crippen LogP contribution is -2.71. The van der Waals surface area contributed by atoms with Crippen molar-refractivity contribution in [1.82, 2.24) is 42.5 Å². The van der Waals surface area contributed by atoms with E-state index in [9.17, 15) is 51.5 Å². The number of rotatable bonds is 54. The summed E-state index contributed by atoms with van der Waals surface area (Å²) in [5.41, 5.74) is 27.6. The molecule has 1 aromatic rings. The fraction of sp³-hybridized carbons (Fsp3) is 0.800. The summed E-state index contributed by atoms with van der Waals surface area (Å²) in [6.07, 6.45) is -14.2. The van der Waals surface area contributed by atoms with E-state index in [1.807, 2.05) is 34.6 Å². The minimum Gasteiger partial charge on any atom is -0.475 e. The molecule has 684 valence electrons. The van der Waals surface area contributed by atoms with Crippen molar-refractivity contribution >= 4 is 66.3 Å². The van der Waals surface area contributed by atoms with Crippen LogP contribution in [0.4, 0.5) is 57.2 Å². The van der Waals surface area contributed by atoms with Crippen molar-refractivity contribution in [3.8, 4) is 0 Å². The summed E-state index contributed by atoms with van der Waals surface area (Å²) in [4.78, 5) is 137. The fourth-order valence-electron chi connectivity index (χ4n) is 13.1. The topological polar surface area (TPSA) is 514 Å². The van der Waals surface area contributed by atoms with Crippen molar-refractivity contribution in [2.24, 2.45) is 22.9 Å². The highest BCUT2D eigenvalue weighted by atomic mass is 19.4. The van der Waals surface area contributed by atoms with Crippen LogP contribution in [0.5, 0.6) is 0 Å². The third-order valence-corrected chi connectivity index (χ3v) is 19.6. The number of nitrogens with two attached hydrogens (primary N) is 4. The second-order valence-corrected chi connectivity index (χ2v) is 29.6. The summed E-state index contributed by atoms with van der Waals surface area (Å²) in [6.45, 7) is 14.2. The second-order valence-electron chi connectivity index (χ2n) is 29.6. The van der Waals surface area contributed by atoms with Gasteiger partial charge in [-0.25, -0.2) is 43.2 Å². The highest BCUT2D eigenvalue weighted by molar-refractivity contribution is 5.89. The van der Waals surface area contributed by atoms with Gasteiger partial charge in [-0.15, -0.1) is 0 Å². The second kappa shape index (κ2) is 62.0. The van der Waals surface area contributed by atoms with Crippen molar-refractivity contribution in [1.29, 1.82) is 0 Å². The zero-order valence-corrected chi connectivity index (χ0v) is 70.8. The van der Waals surface area contributed by atoms with Crippen LogP contribution in [0.15, 0.2) is 30.3 Å². The number of nitrogens with one attached hydrogen (secondary N) is 9. The van der Waals surface area contributed by atoms with Crippen LogP contribution in [0, 0.1) is 0 Å². The molecule has 1 unspecified atom stereocenters. The molecule has 2 aliphatic heterocycles. The molecule has 3 aliphatic rings. The lowest BCUT2D eigenvalue weighted by atomic mass is 9.83. The van der Waals surface area contributed by atoms with E-state index in [4.69, 9.17) is 89.7 Å². The SMILES string of the molecule is CCCCCCNC(=O)OC[C@H]1O[C@H](O[C@@H]2[C@@H](OC(=O)NCCCCCC)[C@H](O[C@@H]3O[C@@H](CN)[C@H](OC(=O)NCCCCCC)[C@@H](OC(=O)NCCCCCC)[C@@H]3OC(=O)NCCCCCC)[C@@H](N)C[C@H]2NC(=O)C(CCN)OC(=O)Nc2ccccc2)[C@H](OC(=O)NCCCCCC)[C@@H](N)[C@@H]1OC(=O)NCCCCCC.O=C(O)C(F)(F)F. The molecule has 18 N–H and O–H groups in total. The number of unbranched alkanes of at least 4 members (excludes halogenated alkanes) is 21. The van der Waals surface area contributed by atoms with Crippen LogP contribution in [0.25, 0.3) is 0 Å². The molecular weight excluding hydrogens is 1570 g/mol. The molecule has 3 fully saturated rings. The van der Waals surface area contributed by atoms with E-state index in [0.29, 0.717) is 50.6 Å². The number of benzene rings is 1. The van der Waals surface area contributed by atoms with Crippen LogP contribution < -0.4 is 70.8 Å². The lowest BCUT2D eigenvalue weighted by molar-refractivity contribution is -0.330. The number of carboxylic acids is 1. The molecule has 2 saturated heterocycles. The zero-order valence-electron chi connectivity index (χ0n) is 70.8. The molecule has 4 rings (SSSR count). The minimum absolute atomic E-state index is 0.0878. The number of para-hydroxylation sites is 1. The van der Waals surface area contributed by atoms with Crippen LogP contribution in [-0.4, -0.2) is 235 Å². The maximum atomic E-state index is 15.2. The van der Waals surface area contributed by atoms with Gasteiger partial charge < -0.3 is 127 Å². The quantitative estimate of drug-likeness (QED) is 0.0213. The lowest BCUT2D eigenvalue weighted by Gasteiger charge is -2.50. The molecule has 0 radical (unpaired) electrons. The van der Waals surface area contributed by atoms with Gasteiger partial charge in [-0.2, -0.15) is 13.2 Å². The monoisotopic (exact) mass is 1710 g/mol. The summed E-state index contributed by atoms with van der Waals surface area (Å²) in [6, 6.07) is 3.78. The highest BCUT2D eigenvalue weighted by Crippen LogP contribution is 2.37. The molecule has 1 saturated carbocycles. The van der Waals surface area contributed by atoms with Crippen LogP contribution in [-0.2, 0) is 66.4 Å². The third kappa shape index (κ3) is 42.7. The van der Waals surface area contributed by atoms with Gasteiger partial charge in [0.25, 0.3) is 5.91 Å². The number of hydrogen-bond donors (Lipinski definition) is 14. The molecule has 0 bridgehead atoms. The molecule has 0 aromatic heterocycles. The smallest absolute Gasteiger partial charge is 0.475 e. The Kier molecular flexibility index (Phi) is 54.7. The molecule has 39 heteroatoms. The molecule has 16 atom stereocenters. The van der Waals surface area contributed by atoms with E-state index in [-0.39, 0.29) is 58.8 Å². The van der Waals surface area contributed by atoms with Gasteiger partial charge in [0.1, 0.15) is 31.0 Å². The van der Waals surface area contributed by atoms with Crippen molar-refractivity contribution in [3.05, 3.63) is 30.3 Å². The molecule has 119 heavy (non-hydrogen) atoms. The molecular formula is C80H140F3N13O23. The van der Waals surface area contributed by atoms with Gasteiger partial charge in [-0.1, -0.05) is 202 Å². The summed E-state index contributed by atoms with van der Waals surface area (Å²) >= 11 is 0. The van der Waals surface area contributed by atoms with Crippen molar-refractivity contribution in [3.63, 3.8) is 0 Å². The Bertz CT molecular complexity index is 3020. The Labute approximate surface area is 698 Å². The zero-order chi connectivity index (χ0) is 87.8. The van der Waals surface area contributed by atoms with Gasteiger partial charge in [0.05, 0.1) is 12.1 Å². The van der Waals surface area contributed by atoms with Crippen molar-refractivity contribution in [2.75, 3.05) is 70.8 Å². The van der Waals surface area contributed by atoms with E-state index in [0.717, 1.165) is 135 Å². The predicted molar refractivity (Wildman–Crippen MR) is 434 cm³/mol. The number of anilines is 1. The van der Waals surface area contributed by atoms with E-state index in [1.165, 1.54) is 0 Å². The van der Waals surface area contributed by atoms with Crippen LogP contribution in [0.2, 0.25) is 0 Å². The maximum Gasteiger partial charge on any atom is 0.490 e. The fourth-order valence-corrected chi connectivity index (χ4v) is 13.1. The van der Waals surface area contributed by atoms with Gasteiger partial charge in [0, 0.05) is 70.5 Å². The highest BCUT2D eigenvalue weighted by Gasteiger charge is 2.59. The van der Waals surface area contributed by atoms with E-state index in [2.05, 4.69) is 61.7 Å². The minimum atomic E-state index is -5.08. The number of alkyl halides is 3. The number of carbonyl (C=O) groups is 10. The number of hydrogen-bond acceptors (Lipinski definition) is 26.